The van der Waals surface area contributed by atoms with E-state index in [9.17, 15) is 24.0 Å². The number of H-pyrrole nitrogens is 5. The number of hydrogen-bond donors (Lipinski definition) is 10. The summed E-state index contributed by atoms with van der Waals surface area (Å²) in [5.74, 6) is 5.38. The number of aromatic nitrogens is 10. The number of aromatic amines is 5. The maximum absolute atomic E-state index is 13.1. The Balaban J connectivity index is 0.000000112. The largest absolute Gasteiger partial charge is 0.342 e. The minimum atomic E-state index is -0.0748. The summed E-state index contributed by atoms with van der Waals surface area (Å²) in [5.41, 5.74) is 31.0. The lowest BCUT2D eigenvalue weighted by Gasteiger charge is -2.38. The molecule has 0 fully saturated rings. The first-order valence-electron chi connectivity index (χ1n) is 42.2. The highest BCUT2D eigenvalue weighted by Gasteiger charge is 2.49. The first-order valence-corrected chi connectivity index (χ1v) is 43.0. The van der Waals surface area contributed by atoms with E-state index < -0.39 is 0 Å². The van der Waals surface area contributed by atoms with Gasteiger partial charge in [-0.1, -0.05) is 212 Å². The summed E-state index contributed by atoms with van der Waals surface area (Å²) in [6.45, 7) is 40.1. The topological polar surface area (TPSA) is 289 Å². The highest BCUT2D eigenvalue weighted by Crippen LogP contribution is 2.56. The molecule has 21 heteroatoms. The zero-order valence-electron chi connectivity index (χ0n) is 72.7. The van der Waals surface area contributed by atoms with E-state index in [2.05, 4.69) is 281 Å². The van der Waals surface area contributed by atoms with Crippen molar-refractivity contribution in [3.63, 3.8) is 0 Å². The summed E-state index contributed by atoms with van der Waals surface area (Å²) < 4.78 is 1.02. The van der Waals surface area contributed by atoms with E-state index in [1.807, 2.05) is 65.0 Å². The second-order valence-corrected chi connectivity index (χ2v) is 39.9. The summed E-state index contributed by atoms with van der Waals surface area (Å²) in [6.07, 6.45) is 7.35. The molecule has 20 nitrogen and oxygen atoms in total. The molecule has 5 unspecified atom stereocenters. The summed E-state index contributed by atoms with van der Waals surface area (Å²) in [4.78, 5) is 65.2. The lowest BCUT2D eigenvalue weighted by Crippen LogP contribution is -2.34. The van der Waals surface area contributed by atoms with E-state index in [4.69, 9.17) is 0 Å². The van der Waals surface area contributed by atoms with Gasteiger partial charge in [0, 0.05) is 179 Å². The molecule has 20 rings (SSSR count). The van der Waals surface area contributed by atoms with E-state index in [0.717, 1.165) is 189 Å². The molecule has 0 saturated carbocycles. The average Bonchev–Trinajstić information content (AvgIpc) is 1.49. The molecule has 0 radical (unpaired) electrons. The molecule has 10 N–H and O–H groups in total. The van der Waals surface area contributed by atoms with E-state index in [-0.39, 0.29) is 85.6 Å². The third-order valence-corrected chi connectivity index (χ3v) is 26.5. The van der Waals surface area contributed by atoms with Gasteiger partial charge in [-0.05, 0) is 167 Å². The highest BCUT2D eigenvalue weighted by atomic mass is 79.9. The number of carbonyl (C=O) groups excluding carboxylic acids is 5. The second-order valence-electron chi connectivity index (χ2n) is 39.1. The molecule has 620 valence electrons. The van der Waals surface area contributed by atoms with Gasteiger partial charge in [-0.3, -0.25) is 49.5 Å². The van der Waals surface area contributed by atoms with Crippen molar-refractivity contribution in [3.05, 3.63) is 289 Å². The van der Waals surface area contributed by atoms with Crippen molar-refractivity contribution < 1.29 is 24.0 Å². The van der Waals surface area contributed by atoms with Crippen molar-refractivity contribution in [2.24, 2.45) is 27.1 Å². The number of halogens is 1. The fourth-order valence-corrected chi connectivity index (χ4v) is 21.0. The molecule has 5 aromatic carbocycles. The van der Waals surface area contributed by atoms with E-state index in [1.54, 1.807) is 0 Å². The number of hydrogen-bond acceptors (Lipinski definition) is 15. The number of benzene rings is 5. The molecule has 5 aliphatic carbocycles. The van der Waals surface area contributed by atoms with Crippen LogP contribution in [0.25, 0.3) is 0 Å². The first kappa shape index (κ1) is 82.4. The van der Waals surface area contributed by atoms with Crippen LogP contribution in [0.3, 0.4) is 0 Å². The van der Waals surface area contributed by atoms with Crippen LogP contribution in [0.5, 0.6) is 0 Å². The van der Waals surface area contributed by atoms with Gasteiger partial charge < -0.3 is 26.6 Å². The molecule has 10 heterocycles. The van der Waals surface area contributed by atoms with Crippen LogP contribution >= 0.6 is 15.9 Å². The van der Waals surface area contributed by atoms with E-state index >= 15 is 0 Å². The van der Waals surface area contributed by atoms with Crippen LogP contribution in [0.15, 0.2) is 182 Å². The van der Waals surface area contributed by atoms with Gasteiger partial charge in [-0.25, -0.2) is 0 Å². The van der Waals surface area contributed by atoms with Gasteiger partial charge in [-0.15, -0.1) is 0 Å². The molecule has 5 atom stereocenters. The summed E-state index contributed by atoms with van der Waals surface area (Å²) >= 11 is 3.67. The average molecular weight is 1670 g/mol. The van der Waals surface area contributed by atoms with Crippen LogP contribution in [0.4, 0.5) is 29.1 Å². The van der Waals surface area contributed by atoms with Gasteiger partial charge in [0.2, 0.25) is 0 Å². The number of nitrogens with zero attached hydrogens (tertiary/aromatic N) is 5. The molecule has 0 amide bonds. The Hall–Kier alpha value is -11.3. The minimum Gasteiger partial charge on any atom is -0.342 e. The number of nitrogens with one attached hydrogen (secondary N) is 10. The maximum Gasteiger partial charge on any atom is 0.162 e. The molecule has 5 aromatic heterocycles. The number of ketones is 5. The number of rotatable bonds is 5. The lowest BCUT2D eigenvalue weighted by molar-refractivity contribution is -0.119. The highest BCUT2D eigenvalue weighted by molar-refractivity contribution is 9.10. The number of aryl methyl sites for hydroxylation is 9. The third-order valence-electron chi connectivity index (χ3n) is 25.8. The molecule has 0 saturated heterocycles. The van der Waals surface area contributed by atoms with Crippen LogP contribution < -0.4 is 26.6 Å². The van der Waals surface area contributed by atoms with Gasteiger partial charge in [0.1, 0.15) is 0 Å². The van der Waals surface area contributed by atoms with Crippen molar-refractivity contribution in [1.82, 2.24) is 51.0 Å². The molecular weight excluding hydrogens is 1560 g/mol. The smallest absolute Gasteiger partial charge is 0.162 e. The van der Waals surface area contributed by atoms with Crippen LogP contribution in [0.1, 0.15) is 269 Å². The first-order chi connectivity index (χ1) is 56.8. The van der Waals surface area contributed by atoms with Crippen molar-refractivity contribution in [3.8, 4) is 0 Å². The number of carbonyl (C=O) groups is 5. The SMILES string of the molecule is Cc1[nH]nc2c1C(c1ccccc1Br)C1=C(CC(C)(C)CC1=O)N2.Cc1ccc(C2C3=C(CC(C)(C)CC3=O)Nc3n[nH]c(C)c32)cc1.Cc1cccc(C2C3=C(CC(C)(C)CC3=O)Nc3n[nH]c(C)c32)c1.Cc1ccccc1C1C2=C(CC(C)(C)CC2=O)Nc2n[nH]c(C)c21.Cc1ccccc1C1C2=C(CC(C)(C)CC2=O)Nc2n[nH]c(C)c21. The Morgan fingerprint density at radius 1 is 0.283 bits per heavy atom. The maximum atomic E-state index is 13.1. The quantitative estimate of drug-likeness (QED) is 0.0766. The Bertz CT molecular complexity index is 5700. The minimum absolute atomic E-state index is 0.0103. The molecule has 0 bridgehead atoms. The fraction of sp³-hybridized carbons (Fsp3) is 0.394. The fourth-order valence-electron chi connectivity index (χ4n) is 20.5. The molecule has 5 aliphatic heterocycles. The number of anilines is 5. The normalized spacial score (nSPS) is 22.0. The number of Topliss-reactive ketones (excluding diaryl/α,β-unsaturated/α-hetero) is 5. The lowest BCUT2D eigenvalue weighted by atomic mass is 9.68. The van der Waals surface area contributed by atoms with Crippen LogP contribution in [0.2, 0.25) is 0 Å². The van der Waals surface area contributed by atoms with Crippen molar-refractivity contribution in [2.75, 3.05) is 26.6 Å². The predicted molar refractivity (Wildman–Crippen MR) is 478 cm³/mol. The zero-order chi connectivity index (χ0) is 85.3. The Labute approximate surface area is 712 Å². The standard InChI is InChI=1S/4C20H23N3O.C19H20BrN3O/c1-11-5-7-13(8-6-11)17-16-12(2)22-23-19(16)21-14-9-20(3,4)10-15(24)18(14)17;1-11-6-5-7-13(8-11)17-16-12(2)22-23-19(16)21-14-9-20(3,4)10-15(24)18(14)17;2*1-11-7-5-6-8-13(11)17-16-12(2)22-23-19(16)21-14-9-20(3,4)10-15(24)18(14)17;1-10-15-16(11-6-4-5-7-12(11)20)17-13(21-18(15)23-22-10)8-19(2,3)9-14(17)24/h4*5-8,17H,9-10H2,1-4H3,(H2,21,22,23);4-7,16H,8-9H2,1-3H3,(H2,21,22,23). The number of fused-ring (bicyclic) bond motifs is 5. The second kappa shape index (κ2) is 31.0. The Morgan fingerprint density at radius 2 is 0.550 bits per heavy atom. The molecule has 0 spiro atoms. The van der Waals surface area contributed by atoms with Crippen molar-refractivity contribution in [1.29, 1.82) is 0 Å². The van der Waals surface area contributed by atoms with Gasteiger partial charge in [-0.2, -0.15) is 25.5 Å². The van der Waals surface area contributed by atoms with Crippen LogP contribution in [-0.2, 0) is 24.0 Å². The summed E-state index contributed by atoms with van der Waals surface area (Å²) in [6, 6.07) is 41.8. The van der Waals surface area contributed by atoms with Gasteiger partial charge in [0.05, 0.1) is 0 Å². The van der Waals surface area contributed by atoms with Crippen molar-refractivity contribution >= 4 is 73.9 Å². The van der Waals surface area contributed by atoms with Gasteiger partial charge >= 0.3 is 0 Å². The molecule has 120 heavy (non-hydrogen) atoms. The Kier molecular flexibility index (Phi) is 21.3. The van der Waals surface area contributed by atoms with Gasteiger partial charge in [0.25, 0.3) is 0 Å². The van der Waals surface area contributed by atoms with Crippen LogP contribution in [0, 0.1) is 89.4 Å². The van der Waals surface area contributed by atoms with E-state index in [0.29, 0.717) is 32.1 Å². The summed E-state index contributed by atoms with van der Waals surface area (Å²) in [5, 5.41) is 54.8. The number of allylic oxidation sites excluding steroid dienone is 10. The predicted octanol–water partition coefficient (Wildman–Crippen LogP) is 21.6. The zero-order valence-corrected chi connectivity index (χ0v) is 74.2. The van der Waals surface area contributed by atoms with Crippen molar-refractivity contribution in [2.45, 2.75) is 225 Å². The Morgan fingerprint density at radius 3 is 0.850 bits per heavy atom. The monoisotopic (exact) mass is 1670 g/mol. The third kappa shape index (κ3) is 15.6. The molecule has 10 aliphatic rings. The molecular formula is C99H112BrN15O5. The van der Waals surface area contributed by atoms with E-state index in [1.165, 1.54) is 38.9 Å². The van der Waals surface area contributed by atoms with Crippen LogP contribution in [-0.4, -0.2) is 79.9 Å². The van der Waals surface area contributed by atoms with Gasteiger partial charge in [0.15, 0.2) is 58.0 Å². The summed E-state index contributed by atoms with van der Waals surface area (Å²) in [7, 11) is 0. The molecule has 10 aromatic rings.